The number of carbonyl (C=O) groups is 3. The molecule has 0 radical (unpaired) electrons. The lowest BCUT2D eigenvalue weighted by Crippen LogP contribution is -2.56. The number of ether oxygens (including phenoxy) is 3. The number of nitrogens with one attached hydrogen (secondary N) is 1. The number of rotatable bonds is 10. The Balaban J connectivity index is 1.01. The molecule has 4 heterocycles. The molecule has 59 heavy (non-hydrogen) atoms. The number of nitrogens with zero attached hydrogens (tertiary/aromatic N) is 3. The fourth-order valence-corrected chi connectivity index (χ4v) is 7.70. The summed E-state index contributed by atoms with van der Waals surface area (Å²) in [5.74, 6) is 0.573. The zero-order valence-corrected chi connectivity index (χ0v) is 33.6. The van der Waals surface area contributed by atoms with Crippen molar-refractivity contribution in [3.05, 3.63) is 153 Å². The van der Waals surface area contributed by atoms with Crippen LogP contribution < -0.4 is 19.5 Å². The molecule has 2 aliphatic heterocycles. The van der Waals surface area contributed by atoms with Gasteiger partial charge < -0.3 is 34.0 Å². The van der Waals surface area contributed by atoms with Crippen molar-refractivity contribution in [2.24, 2.45) is 0 Å². The molecule has 300 valence electrons. The van der Waals surface area contributed by atoms with Crippen molar-refractivity contribution in [3.8, 4) is 34.1 Å². The van der Waals surface area contributed by atoms with Crippen LogP contribution in [0.25, 0.3) is 11.1 Å². The number of fused-ring (bicyclic) bond motifs is 2. The highest BCUT2D eigenvalue weighted by Crippen LogP contribution is 2.41. The Labute approximate surface area is 345 Å². The molecular weight excluding hydrogens is 772 g/mol. The number of aromatic nitrogens is 2. The van der Waals surface area contributed by atoms with E-state index < -0.39 is 36.0 Å². The van der Waals surface area contributed by atoms with Gasteiger partial charge in [-0.25, -0.2) is 9.78 Å². The highest BCUT2D eigenvalue weighted by molar-refractivity contribution is 6.30. The fraction of sp³-hybridized carbons (Fsp3) is 0.239. The van der Waals surface area contributed by atoms with Crippen molar-refractivity contribution in [2.45, 2.75) is 65.3 Å². The number of hydrogen-bond donors (Lipinski definition) is 2. The van der Waals surface area contributed by atoms with Gasteiger partial charge in [-0.05, 0) is 108 Å². The summed E-state index contributed by atoms with van der Waals surface area (Å²) in [6.07, 6.45) is 1.47. The lowest BCUT2D eigenvalue weighted by Gasteiger charge is -2.37. The Kier molecular flexibility index (Phi) is 10.8. The first-order valence-corrected chi connectivity index (χ1v) is 19.6. The highest BCUT2D eigenvalue weighted by atomic mass is 35.5. The van der Waals surface area contributed by atoms with E-state index in [2.05, 4.69) is 15.3 Å². The van der Waals surface area contributed by atoms with E-state index in [1.54, 1.807) is 32.2 Å². The van der Waals surface area contributed by atoms with Crippen LogP contribution in [0.5, 0.6) is 23.0 Å². The zero-order chi connectivity index (χ0) is 41.4. The molecule has 0 saturated carbocycles. The van der Waals surface area contributed by atoms with Crippen molar-refractivity contribution >= 4 is 29.4 Å². The minimum atomic E-state index is -1.26. The van der Waals surface area contributed by atoms with E-state index in [-0.39, 0.29) is 31.7 Å². The Morgan fingerprint density at radius 1 is 0.932 bits per heavy atom. The molecule has 12 nitrogen and oxygen atoms in total. The Hall–Kier alpha value is -6.66. The number of carbonyl (C=O) groups excluding carboxylic acids is 2. The molecule has 1 unspecified atom stereocenters. The number of benzene rings is 4. The van der Waals surface area contributed by atoms with Crippen molar-refractivity contribution in [2.75, 3.05) is 6.61 Å². The van der Waals surface area contributed by atoms with Gasteiger partial charge >= 0.3 is 5.97 Å². The van der Waals surface area contributed by atoms with Crippen LogP contribution >= 0.6 is 11.6 Å². The average Bonchev–Trinajstić information content (AvgIpc) is 3.57. The van der Waals surface area contributed by atoms with Gasteiger partial charge in [-0.3, -0.25) is 14.6 Å². The van der Waals surface area contributed by atoms with E-state index in [1.807, 2.05) is 92.7 Å². The molecular formula is C46H41ClN4O8. The van der Waals surface area contributed by atoms with Crippen molar-refractivity contribution in [1.82, 2.24) is 20.2 Å². The van der Waals surface area contributed by atoms with Gasteiger partial charge in [-0.15, -0.1) is 0 Å². The third-order valence-corrected chi connectivity index (χ3v) is 11.0. The molecule has 0 fully saturated rings. The Morgan fingerprint density at radius 3 is 2.41 bits per heavy atom. The summed E-state index contributed by atoms with van der Waals surface area (Å²) in [6, 6.07) is 25.5. The van der Waals surface area contributed by atoms with Crippen LogP contribution in [-0.2, 0) is 29.0 Å². The molecule has 0 bridgehead atoms. The van der Waals surface area contributed by atoms with E-state index in [9.17, 15) is 19.5 Å². The second-order valence-corrected chi connectivity index (χ2v) is 15.2. The van der Waals surface area contributed by atoms with E-state index in [0.29, 0.717) is 39.7 Å². The maximum absolute atomic E-state index is 14.2. The van der Waals surface area contributed by atoms with E-state index in [0.717, 1.165) is 44.6 Å². The third kappa shape index (κ3) is 8.35. The summed E-state index contributed by atoms with van der Waals surface area (Å²) in [4.78, 5) is 51.1. The molecule has 8 rings (SSSR count). The van der Waals surface area contributed by atoms with Gasteiger partial charge in [0.25, 0.3) is 5.91 Å². The number of oxazole rings is 1. The predicted octanol–water partition coefficient (Wildman–Crippen LogP) is 8.31. The summed E-state index contributed by atoms with van der Waals surface area (Å²) in [7, 11) is 0. The zero-order valence-electron chi connectivity index (χ0n) is 32.8. The van der Waals surface area contributed by atoms with E-state index in [1.165, 1.54) is 4.90 Å². The van der Waals surface area contributed by atoms with E-state index >= 15 is 0 Å². The van der Waals surface area contributed by atoms with Gasteiger partial charge in [0.05, 0.1) is 0 Å². The van der Waals surface area contributed by atoms with Gasteiger partial charge in [-0.1, -0.05) is 54.1 Å². The first-order chi connectivity index (χ1) is 28.4. The lowest BCUT2D eigenvalue weighted by atomic mass is 9.91. The van der Waals surface area contributed by atoms with Gasteiger partial charge in [0.2, 0.25) is 5.91 Å². The molecule has 0 aliphatic carbocycles. The van der Waals surface area contributed by atoms with Crippen molar-refractivity contribution in [1.29, 1.82) is 0 Å². The molecule has 0 spiro atoms. The minimum absolute atomic E-state index is 0.0293. The number of carboxylic acid groups (broad SMARTS) is 1. The van der Waals surface area contributed by atoms with Crippen LogP contribution in [0.15, 0.2) is 102 Å². The maximum atomic E-state index is 14.2. The summed E-state index contributed by atoms with van der Waals surface area (Å²) in [5.41, 5.74) is 7.22. The van der Waals surface area contributed by atoms with E-state index in [4.69, 9.17) is 30.2 Å². The lowest BCUT2D eigenvalue weighted by molar-refractivity contribution is -0.142. The van der Waals surface area contributed by atoms with Crippen LogP contribution in [0.2, 0.25) is 5.02 Å². The van der Waals surface area contributed by atoms with Gasteiger partial charge in [0.15, 0.2) is 29.2 Å². The number of halogens is 1. The first kappa shape index (κ1) is 39.2. The number of hydrogen-bond acceptors (Lipinski definition) is 9. The smallest absolute Gasteiger partial charge is 0.326 e. The average molecular weight is 813 g/mol. The van der Waals surface area contributed by atoms with Gasteiger partial charge in [0.1, 0.15) is 35.9 Å². The largest absolute Gasteiger partial charge is 0.485 e. The Morgan fingerprint density at radius 2 is 1.69 bits per heavy atom. The van der Waals surface area contributed by atoms with Gasteiger partial charge in [-0.2, -0.15) is 0 Å². The molecule has 3 atom stereocenters. The topological polar surface area (TPSA) is 153 Å². The summed E-state index contributed by atoms with van der Waals surface area (Å²) in [6.45, 7) is 7.51. The monoisotopic (exact) mass is 812 g/mol. The SMILES string of the molecule is Cc1nc(C(=O)N2Cc3cc4c(cc3C[C@H]2C(=O)NC(Cc2ccc(-c3ccnc(C)c3C)cc2)C(=O)O)OC[C@H](c2ccc(Oc3cccc(Cl)c3)cc2)O4)c(C)o1. The van der Waals surface area contributed by atoms with Crippen LogP contribution in [0.4, 0.5) is 0 Å². The number of carboxylic acids is 1. The van der Waals surface area contributed by atoms with Crippen LogP contribution in [0.3, 0.4) is 0 Å². The number of amides is 2. The first-order valence-electron chi connectivity index (χ1n) is 19.2. The van der Waals surface area contributed by atoms with Crippen LogP contribution in [0.1, 0.15) is 61.8 Å². The predicted molar refractivity (Wildman–Crippen MR) is 219 cm³/mol. The molecule has 0 saturated heterocycles. The standard InChI is InChI=1S/C46H41ClN4O8/c1-25-26(2)48-17-16-37(25)30-10-8-29(9-11-30)18-38(46(54)55)50-44(52)39-19-32-20-40-41(21-33(32)23-51(39)45(53)43-27(3)57-28(4)49-43)59-42(24-56-40)31-12-14-35(15-13-31)58-36-7-5-6-34(47)22-36/h5-17,20-22,38-39,42H,18-19,23-24H2,1-4H3,(H,50,52)(H,54,55)/t38?,39-,42+/m0/s1. The maximum Gasteiger partial charge on any atom is 0.326 e. The summed E-state index contributed by atoms with van der Waals surface area (Å²) >= 11 is 6.11. The minimum Gasteiger partial charge on any atom is -0.485 e. The molecule has 2 amide bonds. The van der Waals surface area contributed by atoms with Crippen molar-refractivity contribution < 1.29 is 38.1 Å². The second-order valence-electron chi connectivity index (χ2n) is 14.8. The molecule has 6 aromatic rings. The molecule has 2 aliphatic rings. The number of aryl methyl sites for hydroxylation is 3. The summed E-state index contributed by atoms with van der Waals surface area (Å²) in [5, 5.41) is 13.6. The van der Waals surface area contributed by atoms with Crippen LogP contribution in [0, 0.1) is 27.7 Å². The Bertz CT molecular complexity index is 2570. The van der Waals surface area contributed by atoms with Crippen LogP contribution in [-0.4, -0.2) is 56.4 Å². The molecule has 2 aromatic heterocycles. The fourth-order valence-electron chi connectivity index (χ4n) is 7.52. The summed E-state index contributed by atoms with van der Waals surface area (Å²) < 4.78 is 24.2. The quantitative estimate of drug-likeness (QED) is 0.138. The van der Waals surface area contributed by atoms with Crippen molar-refractivity contribution in [3.63, 3.8) is 0 Å². The molecule has 2 N–H and O–H groups in total. The number of aliphatic carboxylic acids is 1. The molecule has 4 aromatic carbocycles. The normalized spacial score (nSPS) is 16.2. The highest BCUT2D eigenvalue weighted by Gasteiger charge is 2.39. The second kappa shape index (κ2) is 16.3. The molecule has 13 heteroatoms. The van der Waals surface area contributed by atoms with Gasteiger partial charge in [0, 0.05) is 43.2 Å². The third-order valence-electron chi connectivity index (χ3n) is 10.8. The number of pyridine rings is 1.